The zero-order chi connectivity index (χ0) is 30.5. The molecule has 1 saturated heterocycles. The van der Waals surface area contributed by atoms with Crippen molar-refractivity contribution in [2.75, 3.05) is 13.7 Å². The van der Waals surface area contributed by atoms with Gasteiger partial charge in [-0.3, -0.25) is 9.59 Å². The Kier molecular flexibility index (Phi) is 9.43. The van der Waals surface area contributed by atoms with Gasteiger partial charge in [0, 0.05) is 10.8 Å². The van der Waals surface area contributed by atoms with Gasteiger partial charge in [0.25, 0.3) is 0 Å². The van der Waals surface area contributed by atoms with Crippen LogP contribution in [0, 0.1) is 6.92 Å². The first-order valence-corrected chi connectivity index (χ1v) is 15.9. The second-order valence-electron chi connectivity index (χ2n) is 9.93. The average Bonchev–Trinajstić information content (AvgIpc) is 2.97. The largest absolute Gasteiger partial charge is 0.497 e. The Morgan fingerprint density at radius 2 is 1.67 bits per heavy atom. The molecular formula is C31H32N2O7S2. The molecule has 0 bridgehead atoms. The maximum Gasteiger partial charge on any atom is 0.348 e. The highest BCUT2D eigenvalue weighted by Crippen LogP contribution is 2.46. The third-order valence-electron chi connectivity index (χ3n) is 6.78. The zero-order valence-corrected chi connectivity index (χ0v) is 25.2. The smallest absolute Gasteiger partial charge is 0.348 e. The van der Waals surface area contributed by atoms with Crippen LogP contribution in [0.25, 0.3) is 0 Å². The fourth-order valence-electron chi connectivity index (χ4n) is 4.39. The predicted molar refractivity (Wildman–Crippen MR) is 160 cm³/mol. The second kappa shape index (κ2) is 12.8. The van der Waals surface area contributed by atoms with Crippen molar-refractivity contribution in [1.82, 2.24) is 10.2 Å². The first kappa shape index (κ1) is 30.9. The number of esters is 1. The molecule has 0 saturated carbocycles. The van der Waals surface area contributed by atoms with Crippen LogP contribution in [0.2, 0.25) is 0 Å². The molecule has 2 amide bonds. The number of nitrogens with zero attached hydrogens (tertiary/aromatic N) is 1. The molecule has 0 spiro atoms. The topological polar surface area (TPSA) is 119 Å². The van der Waals surface area contributed by atoms with Gasteiger partial charge in [-0.1, -0.05) is 66.7 Å². The summed E-state index contributed by atoms with van der Waals surface area (Å²) >= 11 is 0. The van der Waals surface area contributed by atoms with E-state index in [-0.39, 0.29) is 35.9 Å². The molecule has 4 rings (SSSR count). The van der Waals surface area contributed by atoms with Gasteiger partial charge in [-0.25, -0.2) is 13.2 Å². The highest BCUT2D eigenvalue weighted by Gasteiger charge is 2.59. The molecule has 1 fully saturated rings. The summed E-state index contributed by atoms with van der Waals surface area (Å²) in [4.78, 5) is 38.9. The van der Waals surface area contributed by atoms with E-state index in [1.54, 1.807) is 48.5 Å². The van der Waals surface area contributed by atoms with Crippen molar-refractivity contribution in [3.8, 4) is 5.75 Å². The van der Waals surface area contributed by atoms with Crippen LogP contribution in [0.5, 0.6) is 5.75 Å². The fraction of sp³-hybridized carbons (Fsp3) is 0.258. The molecule has 1 N–H and O–H groups in total. The Bertz CT molecular complexity index is 1570. The average molecular weight is 609 g/mol. The first-order valence-electron chi connectivity index (χ1n) is 13.1. The maximum atomic E-state index is 13.8. The van der Waals surface area contributed by atoms with Gasteiger partial charge in [0.15, 0.2) is 0 Å². The van der Waals surface area contributed by atoms with Gasteiger partial charge >= 0.3 is 5.97 Å². The SMILES string of the molecule is C=C(C)C(SS(=O)(=O)c1ccc(C)cc1)(C(=O)OCc1ccc(OC)cc1)N1CC(NC(=O)Cc2ccccc2)C1=O. The van der Waals surface area contributed by atoms with E-state index in [1.165, 1.54) is 26.2 Å². The van der Waals surface area contributed by atoms with Crippen LogP contribution in [-0.4, -0.2) is 55.7 Å². The quantitative estimate of drug-likeness (QED) is 0.142. The Morgan fingerprint density at radius 1 is 1.02 bits per heavy atom. The van der Waals surface area contributed by atoms with Crippen molar-refractivity contribution in [2.45, 2.75) is 42.7 Å². The van der Waals surface area contributed by atoms with Crippen molar-refractivity contribution >= 4 is 37.4 Å². The standard InChI is InChI=1S/C31H32N2O7S2/c1-21(2)31(41-42(37,38)26-16-10-22(3)11-17-26,30(36)40-20-24-12-14-25(39-4)15-13-24)33-19-27(29(33)35)32-28(34)18-23-8-6-5-7-9-23/h5-17,27H,1,18-20H2,2-4H3,(H,32,34). The number of β-lactam (4-membered cyclic amide) rings is 1. The number of carbonyl (C=O) groups is 3. The minimum atomic E-state index is -4.19. The van der Waals surface area contributed by atoms with Gasteiger partial charge < -0.3 is 19.7 Å². The van der Waals surface area contributed by atoms with Gasteiger partial charge in [-0.05, 0) is 54.8 Å². The predicted octanol–water partition coefficient (Wildman–Crippen LogP) is 4.01. The van der Waals surface area contributed by atoms with Gasteiger partial charge in [0.2, 0.25) is 25.6 Å². The molecule has 220 valence electrons. The van der Waals surface area contributed by atoms with E-state index in [0.29, 0.717) is 22.1 Å². The lowest BCUT2D eigenvalue weighted by atomic mass is 9.98. The number of likely N-dealkylation sites (tertiary alicyclic amines) is 1. The lowest BCUT2D eigenvalue weighted by Gasteiger charge is -2.49. The van der Waals surface area contributed by atoms with E-state index < -0.39 is 31.7 Å². The molecule has 3 aromatic carbocycles. The maximum absolute atomic E-state index is 13.8. The number of nitrogens with one attached hydrogen (secondary N) is 1. The number of benzene rings is 3. The van der Waals surface area contributed by atoms with Gasteiger partial charge in [-0.15, -0.1) is 0 Å². The summed E-state index contributed by atoms with van der Waals surface area (Å²) in [7, 11) is -2.36. The van der Waals surface area contributed by atoms with Gasteiger partial charge in [-0.2, -0.15) is 0 Å². The summed E-state index contributed by atoms with van der Waals surface area (Å²) in [6.45, 7) is 6.92. The van der Waals surface area contributed by atoms with E-state index in [0.717, 1.165) is 16.0 Å². The Labute approximate surface area is 249 Å². The normalized spacial score (nSPS) is 16.1. The van der Waals surface area contributed by atoms with Crippen LogP contribution in [0.1, 0.15) is 23.6 Å². The molecule has 0 aromatic heterocycles. The highest BCUT2D eigenvalue weighted by atomic mass is 33.1. The van der Waals surface area contributed by atoms with Crippen molar-refractivity contribution in [3.63, 3.8) is 0 Å². The van der Waals surface area contributed by atoms with Gasteiger partial charge in [0.1, 0.15) is 18.4 Å². The molecule has 1 heterocycles. The summed E-state index contributed by atoms with van der Waals surface area (Å²) in [6.07, 6.45) is 0.0662. The molecule has 42 heavy (non-hydrogen) atoms. The number of rotatable bonds is 12. The molecule has 11 heteroatoms. The molecule has 2 atom stereocenters. The summed E-state index contributed by atoms with van der Waals surface area (Å²) < 4.78 is 38.0. The van der Waals surface area contributed by atoms with Crippen LogP contribution in [0.4, 0.5) is 0 Å². The highest BCUT2D eigenvalue weighted by molar-refractivity contribution is 8.72. The molecular weight excluding hydrogens is 576 g/mol. The Balaban J connectivity index is 1.60. The number of amides is 2. The number of methoxy groups -OCH3 is 1. The van der Waals surface area contributed by atoms with Crippen molar-refractivity contribution < 1.29 is 32.3 Å². The van der Waals surface area contributed by atoms with Crippen LogP contribution in [0.15, 0.2) is 95.9 Å². The van der Waals surface area contributed by atoms with Crippen molar-refractivity contribution in [2.24, 2.45) is 0 Å². The van der Waals surface area contributed by atoms with E-state index >= 15 is 0 Å². The van der Waals surface area contributed by atoms with Crippen LogP contribution in [0.3, 0.4) is 0 Å². The van der Waals surface area contributed by atoms with E-state index in [2.05, 4.69) is 11.9 Å². The van der Waals surface area contributed by atoms with Crippen LogP contribution < -0.4 is 10.1 Å². The summed E-state index contributed by atoms with van der Waals surface area (Å²) in [5.74, 6) is -1.34. The molecule has 1 aliphatic rings. The summed E-state index contributed by atoms with van der Waals surface area (Å²) in [5, 5.41) is 2.68. The van der Waals surface area contributed by atoms with E-state index in [4.69, 9.17) is 9.47 Å². The lowest BCUT2D eigenvalue weighted by molar-refractivity contribution is -0.164. The second-order valence-corrected chi connectivity index (χ2v) is 13.9. The number of hydrogen-bond donors (Lipinski definition) is 1. The lowest BCUT2D eigenvalue weighted by Crippen LogP contribution is -2.72. The van der Waals surface area contributed by atoms with E-state index in [1.807, 2.05) is 25.1 Å². The van der Waals surface area contributed by atoms with Crippen molar-refractivity contribution in [3.05, 3.63) is 108 Å². The van der Waals surface area contributed by atoms with Crippen LogP contribution >= 0.6 is 10.8 Å². The monoisotopic (exact) mass is 608 g/mol. The number of ether oxygens (including phenoxy) is 2. The molecule has 0 radical (unpaired) electrons. The summed E-state index contributed by atoms with van der Waals surface area (Å²) in [6, 6.07) is 21.1. The van der Waals surface area contributed by atoms with Crippen LogP contribution in [-0.2, 0) is 41.0 Å². The number of carbonyl (C=O) groups excluding carboxylic acids is 3. The fourth-order valence-corrected chi connectivity index (χ4v) is 8.27. The Morgan fingerprint density at radius 3 is 2.24 bits per heavy atom. The number of hydrogen-bond acceptors (Lipinski definition) is 8. The van der Waals surface area contributed by atoms with E-state index in [9.17, 15) is 22.8 Å². The van der Waals surface area contributed by atoms with Crippen molar-refractivity contribution in [1.29, 1.82) is 0 Å². The zero-order valence-electron chi connectivity index (χ0n) is 23.5. The molecule has 2 unspecified atom stereocenters. The third kappa shape index (κ3) is 6.69. The first-order chi connectivity index (χ1) is 20.0. The summed E-state index contributed by atoms with van der Waals surface area (Å²) in [5.41, 5.74) is 2.35. The van der Waals surface area contributed by atoms with Gasteiger partial charge in [0.05, 0.1) is 25.0 Å². The molecule has 1 aliphatic heterocycles. The minimum Gasteiger partial charge on any atom is -0.497 e. The number of aryl methyl sites for hydroxylation is 1. The molecule has 3 aromatic rings. The Hall–Kier alpha value is -4.09. The minimum absolute atomic E-state index is 0.0348. The third-order valence-corrected chi connectivity index (χ3v) is 10.8. The molecule has 0 aliphatic carbocycles. The molecule has 9 nitrogen and oxygen atoms in total.